The number of aromatic nitrogens is 2. The first-order chi connectivity index (χ1) is 22.5. The molecule has 0 aliphatic carbocycles. The Morgan fingerprint density at radius 1 is 1.00 bits per heavy atom. The second kappa shape index (κ2) is 13.2. The first-order valence-corrected chi connectivity index (χ1v) is 16.4. The molecule has 0 spiro atoms. The molecule has 47 heavy (non-hydrogen) atoms. The van der Waals surface area contributed by atoms with Crippen molar-refractivity contribution in [1.82, 2.24) is 25.7 Å². The second-order valence-corrected chi connectivity index (χ2v) is 13.6. The van der Waals surface area contributed by atoms with E-state index in [1.807, 2.05) is 60.7 Å². The lowest BCUT2D eigenvalue weighted by molar-refractivity contribution is -0.153. The van der Waals surface area contributed by atoms with Crippen LogP contribution in [0.25, 0.3) is 5.57 Å². The zero-order valence-electron chi connectivity index (χ0n) is 25.9. The minimum Gasteiger partial charge on any atom is -0.448 e. The van der Waals surface area contributed by atoms with Crippen LogP contribution in [0, 0.1) is 0 Å². The Morgan fingerprint density at radius 2 is 1.66 bits per heavy atom. The number of ether oxygens (including phenoxy) is 2. The van der Waals surface area contributed by atoms with Gasteiger partial charge in [-0.15, -0.1) is 22.0 Å². The molecule has 242 valence electrons. The van der Waals surface area contributed by atoms with Crippen LogP contribution >= 0.6 is 23.4 Å². The molecule has 1 aromatic heterocycles. The molecule has 2 N–H and O–H groups in total. The highest BCUT2D eigenvalue weighted by Crippen LogP contribution is 2.46. The maximum Gasteiger partial charge on any atom is 0.408 e. The average molecular weight is 674 g/mol. The fourth-order valence-corrected chi connectivity index (χ4v) is 7.14. The van der Waals surface area contributed by atoms with E-state index in [0.717, 1.165) is 11.1 Å². The molecule has 3 aliphatic rings. The van der Waals surface area contributed by atoms with Crippen molar-refractivity contribution in [1.29, 1.82) is 0 Å². The van der Waals surface area contributed by atoms with Crippen LogP contribution in [0.4, 0.5) is 4.79 Å². The minimum atomic E-state index is -0.945. The normalized spacial score (nSPS) is 20.3. The minimum absolute atomic E-state index is 0.0307. The van der Waals surface area contributed by atoms with Gasteiger partial charge in [0.25, 0.3) is 5.91 Å². The summed E-state index contributed by atoms with van der Waals surface area (Å²) in [6.07, 6.45) is -1.18. The molecule has 13 heteroatoms. The Bertz CT molecular complexity index is 1740. The lowest BCUT2D eigenvalue weighted by atomic mass is 9.92. The number of fused-ring (bicyclic) bond motifs is 1. The maximum atomic E-state index is 14.5. The molecular formula is C34H32ClN5O6S. The van der Waals surface area contributed by atoms with E-state index < -0.39 is 41.1 Å². The third-order valence-corrected chi connectivity index (χ3v) is 9.17. The lowest BCUT2D eigenvalue weighted by Crippen LogP contribution is -2.70. The molecule has 3 amide bonds. The van der Waals surface area contributed by atoms with Crippen molar-refractivity contribution in [2.45, 2.75) is 50.3 Å². The van der Waals surface area contributed by atoms with Crippen LogP contribution < -0.4 is 10.6 Å². The largest absolute Gasteiger partial charge is 0.448 e. The molecule has 2 aromatic carbocycles. The molecule has 2 saturated heterocycles. The number of benzene rings is 2. The van der Waals surface area contributed by atoms with Gasteiger partial charge in [-0.1, -0.05) is 72.3 Å². The molecule has 4 heterocycles. The van der Waals surface area contributed by atoms with E-state index >= 15 is 0 Å². The molecule has 2 atom stereocenters. The number of hydrogen-bond donors (Lipinski definition) is 2. The molecule has 3 aliphatic heterocycles. The predicted octanol–water partition coefficient (Wildman–Crippen LogP) is 4.80. The van der Waals surface area contributed by atoms with Crippen LogP contribution in [0.5, 0.6) is 0 Å². The summed E-state index contributed by atoms with van der Waals surface area (Å²) < 4.78 is 11.7. The number of rotatable bonds is 7. The summed E-state index contributed by atoms with van der Waals surface area (Å²) >= 11 is 7.40. The van der Waals surface area contributed by atoms with Crippen molar-refractivity contribution in [2.75, 3.05) is 12.3 Å². The molecule has 0 radical (unpaired) electrons. The number of hydrogen-bond acceptors (Lipinski definition) is 9. The van der Waals surface area contributed by atoms with E-state index in [2.05, 4.69) is 20.8 Å². The first kappa shape index (κ1) is 32.3. The molecule has 0 saturated carbocycles. The highest BCUT2D eigenvalue weighted by atomic mass is 35.5. The topological polar surface area (TPSA) is 140 Å². The van der Waals surface area contributed by atoms with E-state index in [4.69, 9.17) is 21.1 Å². The smallest absolute Gasteiger partial charge is 0.408 e. The predicted molar refractivity (Wildman–Crippen MR) is 176 cm³/mol. The third kappa shape index (κ3) is 6.75. The summed E-state index contributed by atoms with van der Waals surface area (Å²) in [7, 11) is 0. The number of allylic oxidation sites excluding steroid dienone is 1. The number of nitrogens with one attached hydrogen (secondary N) is 2. The highest BCUT2D eigenvalue weighted by molar-refractivity contribution is 8.00. The standard InChI is InChI=1S/C34H32ClN5O6S/c1-34(2,3)46-33(44)37-26-30(42)40-27(32(43)45-28(19-10-6-4-7-11-19)20-12-8-5-9-13-20)22(18-47-31(26)40)25(21-16-17-36-29(21)41)23-14-15-24(35)39-38-23/h4-15,26,28,31H,16-18H2,1-3H3,(H,36,41)(H,37,44)/t26-,31-/m1/s1. The molecule has 0 unspecified atom stereocenters. The van der Waals surface area contributed by atoms with Crippen molar-refractivity contribution < 1.29 is 28.7 Å². The number of carbonyl (C=O) groups is 4. The summed E-state index contributed by atoms with van der Waals surface area (Å²) in [5.41, 5.74) is 2.15. The third-order valence-electron chi connectivity index (χ3n) is 7.69. The summed E-state index contributed by atoms with van der Waals surface area (Å²) in [5.74, 6) is -1.40. The molecule has 0 bridgehead atoms. The van der Waals surface area contributed by atoms with Gasteiger partial charge in [0.05, 0.1) is 5.69 Å². The summed E-state index contributed by atoms with van der Waals surface area (Å²) in [6, 6.07) is 20.8. The first-order valence-electron chi connectivity index (χ1n) is 15.0. The number of nitrogens with zero attached hydrogens (tertiary/aromatic N) is 3. The lowest BCUT2D eigenvalue weighted by Gasteiger charge is -2.50. The van der Waals surface area contributed by atoms with Crippen LogP contribution in [0.1, 0.15) is 50.1 Å². The van der Waals surface area contributed by atoms with E-state index in [-0.39, 0.29) is 22.5 Å². The molecule has 2 fully saturated rings. The number of thioether (sulfide) groups is 1. The Labute approximate surface area is 280 Å². The van der Waals surface area contributed by atoms with Crippen molar-refractivity contribution in [3.05, 3.63) is 112 Å². The van der Waals surface area contributed by atoms with Crippen molar-refractivity contribution in [2.24, 2.45) is 0 Å². The summed E-state index contributed by atoms with van der Waals surface area (Å²) in [4.78, 5) is 55.5. The van der Waals surface area contributed by atoms with E-state index in [1.54, 1.807) is 32.9 Å². The fourth-order valence-electron chi connectivity index (χ4n) is 5.68. The monoisotopic (exact) mass is 673 g/mol. The number of carbonyl (C=O) groups excluding carboxylic acids is 4. The van der Waals surface area contributed by atoms with Gasteiger partial charge in [0.1, 0.15) is 22.7 Å². The van der Waals surface area contributed by atoms with Gasteiger partial charge in [0, 0.05) is 29.0 Å². The van der Waals surface area contributed by atoms with Gasteiger partial charge >= 0.3 is 12.1 Å². The Kier molecular flexibility index (Phi) is 9.07. The molecule has 6 rings (SSSR count). The maximum absolute atomic E-state index is 14.5. The number of β-lactam (4-membered cyclic amide) rings is 1. The summed E-state index contributed by atoms with van der Waals surface area (Å²) in [6.45, 7) is 5.58. The Balaban J connectivity index is 1.46. The van der Waals surface area contributed by atoms with Gasteiger partial charge in [-0.3, -0.25) is 14.5 Å². The van der Waals surface area contributed by atoms with Gasteiger partial charge in [0.15, 0.2) is 11.3 Å². The zero-order chi connectivity index (χ0) is 33.3. The van der Waals surface area contributed by atoms with Gasteiger partial charge in [0.2, 0.25) is 5.91 Å². The summed E-state index contributed by atoms with van der Waals surface area (Å²) in [5, 5.41) is 13.2. The van der Waals surface area contributed by atoms with Crippen LogP contribution in [-0.4, -0.2) is 68.3 Å². The van der Waals surface area contributed by atoms with Crippen molar-refractivity contribution >= 4 is 52.8 Å². The number of esters is 1. The van der Waals surface area contributed by atoms with Gasteiger partial charge < -0.3 is 20.1 Å². The SMILES string of the molecule is CC(C)(C)OC(=O)N[C@@H]1C(=O)N2C(C(=O)OC(c3ccccc3)c3ccccc3)=C(C(=C3CCNC3=O)c3ccc(Cl)nn3)CS[C@H]12. The number of alkyl carbamates (subject to hydrolysis) is 1. The molecule has 11 nitrogen and oxygen atoms in total. The van der Waals surface area contributed by atoms with Gasteiger partial charge in [-0.05, 0) is 50.5 Å². The highest BCUT2D eigenvalue weighted by Gasteiger charge is 2.55. The van der Waals surface area contributed by atoms with Crippen molar-refractivity contribution in [3.8, 4) is 0 Å². The van der Waals surface area contributed by atoms with Crippen molar-refractivity contribution in [3.63, 3.8) is 0 Å². The average Bonchev–Trinajstić information content (AvgIpc) is 3.48. The van der Waals surface area contributed by atoms with Gasteiger partial charge in [-0.25, -0.2) is 9.59 Å². The van der Waals surface area contributed by atoms with Crippen LogP contribution in [0.3, 0.4) is 0 Å². The quantitative estimate of drug-likeness (QED) is 0.206. The number of amides is 3. The van der Waals surface area contributed by atoms with Crippen LogP contribution in [0.15, 0.2) is 89.6 Å². The Hall–Kier alpha value is -4.68. The zero-order valence-corrected chi connectivity index (χ0v) is 27.4. The second-order valence-electron chi connectivity index (χ2n) is 12.1. The Morgan fingerprint density at radius 3 is 2.21 bits per heavy atom. The van der Waals surface area contributed by atoms with E-state index in [0.29, 0.717) is 35.4 Å². The van der Waals surface area contributed by atoms with Crippen LogP contribution in [0.2, 0.25) is 5.15 Å². The number of halogens is 1. The fraction of sp³-hybridized carbons (Fsp3) is 0.294. The van der Waals surface area contributed by atoms with E-state index in [1.165, 1.54) is 16.7 Å². The van der Waals surface area contributed by atoms with Gasteiger partial charge in [-0.2, -0.15) is 0 Å². The van der Waals surface area contributed by atoms with E-state index in [9.17, 15) is 19.2 Å². The van der Waals surface area contributed by atoms with Crippen LogP contribution in [-0.2, 0) is 23.9 Å². The molecule has 3 aromatic rings. The molecular weight excluding hydrogens is 642 g/mol.